The van der Waals surface area contributed by atoms with Crippen LogP contribution in [0.2, 0.25) is 0 Å². The van der Waals surface area contributed by atoms with Gasteiger partial charge in [0.1, 0.15) is 0 Å². The van der Waals surface area contributed by atoms with Crippen LogP contribution >= 0.6 is 0 Å². The molecule has 0 aliphatic heterocycles. The molecule has 4 fully saturated rings. The quantitative estimate of drug-likeness (QED) is 0.779. The van der Waals surface area contributed by atoms with Gasteiger partial charge in [-0.15, -0.1) is 0 Å². The van der Waals surface area contributed by atoms with Crippen LogP contribution in [-0.2, 0) is 4.74 Å². The van der Waals surface area contributed by atoms with Gasteiger partial charge < -0.3 is 14.9 Å². The molecule has 2 N–H and O–H groups in total. The third-order valence-corrected chi connectivity index (χ3v) is 8.48. The number of methoxy groups -OCH3 is 1. The second-order valence-electron chi connectivity index (χ2n) is 9.44. The molecule has 3 nitrogen and oxygen atoms in total. The molecular weight excluding hydrogens is 288 g/mol. The maximum Gasteiger partial charge on any atom is 0.0611 e. The van der Waals surface area contributed by atoms with E-state index in [0.29, 0.717) is 35.7 Å². The molecule has 3 heteroatoms. The maximum atomic E-state index is 10.7. The third-order valence-electron chi connectivity index (χ3n) is 8.48. The molecule has 0 radical (unpaired) electrons. The van der Waals surface area contributed by atoms with Crippen molar-refractivity contribution in [3.05, 3.63) is 0 Å². The number of rotatable bonds is 1. The Morgan fingerprint density at radius 1 is 1.00 bits per heavy atom. The lowest BCUT2D eigenvalue weighted by atomic mass is 9.47. The Hall–Kier alpha value is -0.120. The molecule has 4 aliphatic carbocycles. The van der Waals surface area contributed by atoms with Gasteiger partial charge in [-0.1, -0.05) is 13.8 Å². The van der Waals surface area contributed by atoms with Gasteiger partial charge in [0.05, 0.1) is 18.3 Å². The Labute approximate surface area is 140 Å². The van der Waals surface area contributed by atoms with Gasteiger partial charge in [-0.25, -0.2) is 0 Å². The van der Waals surface area contributed by atoms with Crippen LogP contribution in [0.4, 0.5) is 0 Å². The zero-order chi connectivity index (χ0) is 16.4. The Bertz CT molecular complexity index is 452. The molecule has 0 spiro atoms. The van der Waals surface area contributed by atoms with E-state index in [2.05, 4.69) is 13.8 Å². The molecule has 0 amide bonds. The van der Waals surface area contributed by atoms with E-state index in [1.807, 2.05) is 7.11 Å². The molecule has 4 saturated carbocycles. The van der Waals surface area contributed by atoms with Crippen LogP contribution in [0.15, 0.2) is 0 Å². The van der Waals surface area contributed by atoms with Gasteiger partial charge in [0.2, 0.25) is 0 Å². The first-order valence-corrected chi connectivity index (χ1v) is 9.84. The molecule has 23 heavy (non-hydrogen) atoms. The molecule has 0 heterocycles. The Balaban J connectivity index is 1.69. The number of hydrogen-bond acceptors (Lipinski definition) is 3. The highest BCUT2D eigenvalue weighted by Gasteiger charge is 2.61. The van der Waals surface area contributed by atoms with Crippen molar-refractivity contribution in [2.24, 2.45) is 40.9 Å². The summed E-state index contributed by atoms with van der Waals surface area (Å²) in [7, 11) is 1.87. The van der Waals surface area contributed by atoms with Gasteiger partial charge in [-0.05, 0) is 85.9 Å². The summed E-state index contributed by atoms with van der Waals surface area (Å²) in [4.78, 5) is 0. The zero-order valence-electron chi connectivity index (χ0n) is 14.9. The molecule has 0 aromatic heterocycles. The summed E-state index contributed by atoms with van der Waals surface area (Å²) in [6.45, 7) is 4.75. The topological polar surface area (TPSA) is 49.7 Å². The molecule has 0 aromatic rings. The van der Waals surface area contributed by atoms with Crippen LogP contribution < -0.4 is 0 Å². The Morgan fingerprint density at radius 3 is 2.52 bits per heavy atom. The second kappa shape index (κ2) is 5.71. The first-order chi connectivity index (χ1) is 11.0. The largest absolute Gasteiger partial charge is 0.393 e. The SMILES string of the molecule is CO[C@@H]1C[C@]2(C)[C@@H](O)CC[C@H]2[C@H]2[C@H]1[C@H]1CCC(O)CC1C[C@H]2C. The number of aliphatic hydroxyl groups is 2. The number of ether oxygens (including phenoxy) is 1. The second-order valence-corrected chi connectivity index (χ2v) is 9.44. The molecular formula is C20H34O3. The number of hydrogen-bond donors (Lipinski definition) is 2. The van der Waals surface area contributed by atoms with Crippen molar-refractivity contribution in [2.45, 2.75) is 77.1 Å². The summed E-state index contributed by atoms with van der Waals surface area (Å²) in [6.07, 6.45) is 7.66. The van der Waals surface area contributed by atoms with Crippen LogP contribution in [0.1, 0.15) is 58.8 Å². The standard InChI is InChI=1S/C20H34O3/c1-11-8-12-9-13(21)4-5-14(12)19-16(23-3)10-20(2)15(18(11)19)6-7-17(20)22/h11-19,21-22H,4-10H2,1-3H3/t11-,12?,13?,14+,15+,16-,17+,18+,19+,20+/m1/s1. The molecule has 0 bridgehead atoms. The fraction of sp³-hybridized carbons (Fsp3) is 1.00. The van der Waals surface area contributed by atoms with Crippen LogP contribution in [0.5, 0.6) is 0 Å². The summed E-state index contributed by atoms with van der Waals surface area (Å²) < 4.78 is 6.03. The highest BCUT2D eigenvalue weighted by molar-refractivity contribution is 5.10. The average Bonchev–Trinajstić information content (AvgIpc) is 2.81. The highest BCUT2D eigenvalue weighted by Crippen LogP contribution is 2.64. The predicted octanol–water partition coefficient (Wildman–Crippen LogP) is 3.23. The van der Waals surface area contributed by atoms with Gasteiger partial charge in [-0.3, -0.25) is 0 Å². The lowest BCUT2D eigenvalue weighted by Crippen LogP contribution is -2.58. The summed E-state index contributed by atoms with van der Waals surface area (Å²) in [5.74, 6) is 4.11. The van der Waals surface area contributed by atoms with Crippen LogP contribution in [0, 0.1) is 40.9 Å². The van der Waals surface area contributed by atoms with Crippen LogP contribution in [-0.4, -0.2) is 35.6 Å². The van der Waals surface area contributed by atoms with Crippen molar-refractivity contribution < 1.29 is 14.9 Å². The van der Waals surface area contributed by atoms with E-state index < -0.39 is 0 Å². The monoisotopic (exact) mass is 322 g/mol. The predicted molar refractivity (Wildman–Crippen MR) is 89.9 cm³/mol. The van der Waals surface area contributed by atoms with Crippen LogP contribution in [0.25, 0.3) is 0 Å². The fourth-order valence-corrected chi connectivity index (χ4v) is 7.50. The zero-order valence-corrected chi connectivity index (χ0v) is 14.9. The van der Waals surface area contributed by atoms with E-state index in [0.717, 1.165) is 31.6 Å². The molecule has 4 rings (SSSR count). The van der Waals surface area contributed by atoms with Crippen molar-refractivity contribution in [1.29, 1.82) is 0 Å². The lowest BCUT2D eigenvalue weighted by molar-refractivity contribution is -0.173. The van der Waals surface area contributed by atoms with Crippen molar-refractivity contribution in [2.75, 3.05) is 7.11 Å². The van der Waals surface area contributed by atoms with E-state index in [1.54, 1.807) is 0 Å². The van der Waals surface area contributed by atoms with Crippen LogP contribution in [0.3, 0.4) is 0 Å². The Morgan fingerprint density at radius 2 is 1.78 bits per heavy atom. The van der Waals surface area contributed by atoms with Gasteiger partial charge in [-0.2, -0.15) is 0 Å². The summed E-state index contributed by atoms with van der Waals surface area (Å²) in [5.41, 5.74) is 0.0527. The van der Waals surface area contributed by atoms with Crippen molar-refractivity contribution in [3.63, 3.8) is 0 Å². The van der Waals surface area contributed by atoms with Crippen molar-refractivity contribution in [3.8, 4) is 0 Å². The Kier molecular flexibility index (Phi) is 4.06. The molecule has 4 aliphatic rings. The lowest BCUT2D eigenvalue weighted by Gasteiger charge is -2.60. The summed E-state index contributed by atoms with van der Waals surface area (Å²) in [6, 6.07) is 0. The van der Waals surface area contributed by atoms with E-state index in [9.17, 15) is 10.2 Å². The average molecular weight is 322 g/mol. The molecule has 0 aromatic carbocycles. The molecule has 10 atom stereocenters. The van der Waals surface area contributed by atoms with Crippen molar-refractivity contribution in [1.82, 2.24) is 0 Å². The summed E-state index contributed by atoms with van der Waals surface area (Å²) >= 11 is 0. The number of aliphatic hydroxyl groups excluding tert-OH is 2. The summed E-state index contributed by atoms with van der Waals surface area (Å²) in [5, 5.41) is 20.8. The molecule has 132 valence electrons. The first kappa shape index (κ1) is 16.4. The normalized spacial score (nSPS) is 59.1. The fourth-order valence-electron chi connectivity index (χ4n) is 7.50. The molecule has 0 saturated heterocycles. The van der Waals surface area contributed by atoms with E-state index in [-0.39, 0.29) is 17.6 Å². The van der Waals surface area contributed by atoms with Crippen molar-refractivity contribution >= 4 is 0 Å². The molecule has 2 unspecified atom stereocenters. The smallest absolute Gasteiger partial charge is 0.0611 e. The minimum atomic E-state index is -0.149. The maximum absolute atomic E-state index is 10.7. The van der Waals surface area contributed by atoms with Gasteiger partial charge in [0, 0.05) is 7.11 Å². The van der Waals surface area contributed by atoms with E-state index in [4.69, 9.17) is 4.74 Å². The van der Waals surface area contributed by atoms with Gasteiger partial charge in [0.15, 0.2) is 0 Å². The van der Waals surface area contributed by atoms with E-state index in [1.165, 1.54) is 19.3 Å². The van der Waals surface area contributed by atoms with Gasteiger partial charge in [0.25, 0.3) is 0 Å². The highest BCUT2D eigenvalue weighted by atomic mass is 16.5. The first-order valence-electron chi connectivity index (χ1n) is 9.84. The van der Waals surface area contributed by atoms with E-state index >= 15 is 0 Å². The third kappa shape index (κ3) is 2.33. The minimum absolute atomic E-state index is 0.0527. The minimum Gasteiger partial charge on any atom is -0.393 e. The number of fused-ring (bicyclic) bond motifs is 5. The van der Waals surface area contributed by atoms with Gasteiger partial charge >= 0.3 is 0 Å².